The molecule has 5 heteroatoms. The molecule has 0 amide bonds. The standard InChI is InChI=1S/C25H24ClN3O/c1-17-6-4-8-20(10-17)25(26)23-13-27-16-28(23)15-21-12-24(30)29(14-19(21)3)22-9-5-7-18(2)11-22/h4-14,16,25H,15H2,1-3H3. The first kappa shape index (κ1) is 20.2. The monoisotopic (exact) mass is 417 g/mol. The second-order valence-corrected chi connectivity index (χ2v) is 8.19. The van der Waals surface area contributed by atoms with Gasteiger partial charge in [0.15, 0.2) is 0 Å². The van der Waals surface area contributed by atoms with Gasteiger partial charge in [-0.15, -0.1) is 11.6 Å². The van der Waals surface area contributed by atoms with E-state index in [4.69, 9.17) is 11.6 Å². The van der Waals surface area contributed by atoms with Crippen LogP contribution in [0.2, 0.25) is 0 Å². The SMILES string of the molecule is Cc1cccc(C(Cl)c2cncn2Cc2cc(=O)n(-c3cccc(C)c3)cc2C)c1. The second kappa shape index (κ2) is 8.33. The van der Waals surface area contributed by atoms with Crippen molar-refractivity contribution in [1.29, 1.82) is 0 Å². The number of nitrogens with zero attached hydrogens (tertiary/aromatic N) is 3. The van der Waals surface area contributed by atoms with Crippen LogP contribution in [0.3, 0.4) is 0 Å². The lowest BCUT2D eigenvalue weighted by atomic mass is 10.1. The third-order valence-corrected chi connectivity index (χ3v) is 5.80. The van der Waals surface area contributed by atoms with Gasteiger partial charge in [-0.1, -0.05) is 42.0 Å². The molecule has 4 aromatic rings. The van der Waals surface area contributed by atoms with Gasteiger partial charge in [-0.3, -0.25) is 9.36 Å². The lowest BCUT2D eigenvalue weighted by molar-refractivity contribution is 0.738. The van der Waals surface area contributed by atoms with E-state index >= 15 is 0 Å². The Hall–Kier alpha value is -3.11. The van der Waals surface area contributed by atoms with E-state index in [1.54, 1.807) is 23.2 Å². The van der Waals surface area contributed by atoms with E-state index in [2.05, 4.69) is 24.0 Å². The first-order chi connectivity index (χ1) is 14.4. The number of hydrogen-bond acceptors (Lipinski definition) is 2. The average Bonchev–Trinajstić information content (AvgIpc) is 3.18. The van der Waals surface area contributed by atoms with Crippen LogP contribution in [0, 0.1) is 20.8 Å². The van der Waals surface area contributed by atoms with E-state index in [-0.39, 0.29) is 10.9 Å². The zero-order valence-electron chi connectivity index (χ0n) is 17.3. The minimum atomic E-state index is -0.305. The van der Waals surface area contributed by atoms with Crippen molar-refractivity contribution in [3.63, 3.8) is 0 Å². The van der Waals surface area contributed by atoms with Crippen molar-refractivity contribution in [2.24, 2.45) is 0 Å². The van der Waals surface area contributed by atoms with Crippen molar-refractivity contribution >= 4 is 11.6 Å². The molecule has 152 valence electrons. The van der Waals surface area contributed by atoms with Gasteiger partial charge >= 0.3 is 0 Å². The molecule has 0 bridgehead atoms. The van der Waals surface area contributed by atoms with Crippen LogP contribution in [0.1, 0.15) is 38.9 Å². The summed E-state index contributed by atoms with van der Waals surface area (Å²) >= 11 is 6.78. The number of halogens is 1. The number of hydrogen-bond donors (Lipinski definition) is 0. The van der Waals surface area contributed by atoms with Gasteiger partial charge in [0.2, 0.25) is 0 Å². The molecule has 0 saturated carbocycles. The van der Waals surface area contributed by atoms with Gasteiger partial charge in [-0.05, 0) is 55.2 Å². The Balaban J connectivity index is 1.66. The molecule has 0 fully saturated rings. The topological polar surface area (TPSA) is 39.8 Å². The fraction of sp³-hybridized carbons (Fsp3) is 0.200. The summed E-state index contributed by atoms with van der Waals surface area (Å²) in [5, 5.41) is -0.305. The Morgan fingerprint density at radius 1 is 1.00 bits per heavy atom. The Bertz CT molecular complexity index is 1260. The zero-order chi connectivity index (χ0) is 21.3. The molecule has 1 unspecified atom stereocenters. The van der Waals surface area contributed by atoms with E-state index < -0.39 is 0 Å². The minimum absolute atomic E-state index is 0.0519. The van der Waals surface area contributed by atoms with Crippen molar-refractivity contribution in [3.05, 3.63) is 117 Å². The molecular formula is C25H24ClN3O. The molecule has 0 spiro atoms. The van der Waals surface area contributed by atoms with Gasteiger partial charge in [0, 0.05) is 30.7 Å². The minimum Gasteiger partial charge on any atom is -0.328 e. The molecule has 4 nitrogen and oxygen atoms in total. The highest BCUT2D eigenvalue weighted by Crippen LogP contribution is 2.29. The van der Waals surface area contributed by atoms with E-state index in [0.717, 1.165) is 33.6 Å². The van der Waals surface area contributed by atoms with Crippen LogP contribution in [-0.2, 0) is 6.54 Å². The van der Waals surface area contributed by atoms with Crippen LogP contribution < -0.4 is 5.56 Å². The summed E-state index contributed by atoms with van der Waals surface area (Å²) in [4.78, 5) is 17.1. The summed E-state index contributed by atoms with van der Waals surface area (Å²) in [6.07, 6.45) is 5.47. The number of benzene rings is 2. The summed E-state index contributed by atoms with van der Waals surface area (Å²) in [5.41, 5.74) is 7.04. The van der Waals surface area contributed by atoms with Gasteiger partial charge < -0.3 is 4.57 Å². The summed E-state index contributed by atoms with van der Waals surface area (Å²) in [6.45, 7) is 6.64. The Labute approximate surface area is 181 Å². The van der Waals surface area contributed by atoms with Gasteiger partial charge in [-0.25, -0.2) is 4.98 Å². The molecule has 0 radical (unpaired) electrons. The number of alkyl halides is 1. The molecule has 4 rings (SSSR count). The first-order valence-corrected chi connectivity index (χ1v) is 10.4. The number of pyridine rings is 1. The van der Waals surface area contributed by atoms with Gasteiger partial charge in [0.25, 0.3) is 5.56 Å². The molecule has 2 aromatic carbocycles. The van der Waals surface area contributed by atoms with E-state index in [1.165, 1.54) is 5.56 Å². The highest BCUT2D eigenvalue weighted by atomic mass is 35.5. The van der Waals surface area contributed by atoms with E-state index in [1.807, 2.05) is 61.0 Å². The maximum absolute atomic E-state index is 12.8. The van der Waals surface area contributed by atoms with Crippen molar-refractivity contribution in [2.45, 2.75) is 32.7 Å². The molecule has 1 atom stereocenters. The Morgan fingerprint density at radius 2 is 1.73 bits per heavy atom. The predicted molar refractivity (Wildman–Crippen MR) is 122 cm³/mol. The van der Waals surface area contributed by atoms with Crippen LogP contribution in [-0.4, -0.2) is 14.1 Å². The van der Waals surface area contributed by atoms with Crippen molar-refractivity contribution in [3.8, 4) is 5.69 Å². The molecular weight excluding hydrogens is 394 g/mol. The first-order valence-electron chi connectivity index (χ1n) is 9.92. The van der Waals surface area contributed by atoms with Crippen LogP contribution in [0.15, 0.2) is 78.1 Å². The molecule has 0 aliphatic carbocycles. The van der Waals surface area contributed by atoms with Gasteiger partial charge in [0.05, 0.1) is 12.0 Å². The smallest absolute Gasteiger partial charge is 0.255 e. The summed E-state index contributed by atoms with van der Waals surface area (Å²) in [5.74, 6) is 0. The third kappa shape index (κ3) is 4.10. The van der Waals surface area contributed by atoms with E-state index in [0.29, 0.717) is 6.54 Å². The molecule has 0 aliphatic rings. The van der Waals surface area contributed by atoms with Crippen LogP contribution in [0.4, 0.5) is 0 Å². The highest BCUT2D eigenvalue weighted by molar-refractivity contribution is 6.22. The molecule has 2 heterocycles. The summed E-state index contributed by atoms with van der Waals surface area (Å²) < 4.78 is 3.70. The van der Waals surface area contributed by atoms with Crippen molar-refractivity contribution < 1.29 is 0 Å². The summed E-state index contributed by atoms with van der Waals surface area (Å²) in [6, 6.07) is 17.8. The number of aryl methyl sites for hydroxylation is 3. The zero-order valence-corrected chi connectivity index (χ0v) is 18.1. The summed E-state index contributed by atoms with van der Waals surface area (Å²) in [7, 11) is 0. The molecule has 30 heavy (non-hydrogen) atoms. The molecule has 0 aliphatic heterocycles. The van der Waals surface area contributed by atoms with Crippen LogP contribution >= 0.6 is 11.6 Å². The largest absolute Gasteiger partial charge is 0.328 e. The van der Waals surface area contributed by atoms with Crippen LogP contribution in [0.25, 0.3) is 5.69 Å². The number of imidazole rings is 1. The lowest BCUT2D eigenvalue weighted by Crippen LogP contribution is -2.20. The molecule has 0 N–H and O–H groups in total. The quantitative estimate of drug-likeness (QED) is 0.411. The van der Waals surface area contributed by atoms with Gasteiger partial charge in [-0.2, -0.15) is 0 Å². The maximum Gasteiger partial charge on any atom is 0.255 e. The predicted octanol–water partition coefficient (Wildman–Crippen LogP) is 5.34. The average molecular weight is 418 g/mol. The fourth-order valence-electron chi connectivity index (χ4n) is 3.68. The Kier molecular flexibility index (Phi) is 5.60. The lowest BCUT2D eigenvalue weighted by Gasteiger charge is -2.16. The third-order valence-electron chi connectivity index (χ3n) is 5.32. The van der Waals surface area contributed by atoms with E-state index in [9.17, 15) is 4.79 Å². The second-order valence-electron chi connectivity index (χ2n) is 7.75. The molecule has 0 saturated heterocycles. The number of aromatic nitrogens is 3. The Morgan fingerprint density at radius 3 is 2.47 bits per heavy atom. The fourth-order valence-corrected chi connectivity index (χ4v) is 4.00. The highest BCUT2D eigenvalue weighted by Gasteiger charge is 2.17. The van der Waals surface area contributed by atoms with Crippen molar-refractivity contribution in [2.75, 3.05) is 0 Å². The molecule has 2 aromatic heterocycles. The van der Waals surface area contributed by atoms with Crippen molar-refractivity contribution in [1.82, 2.24) is 14.1 Å². The maximum atomic E-state index is 12.8. The van der Waals surface area contributed by atoms with Crippen LogP contribution in [0.5, 0.6) is 0 Å². The van der Waals surface area contributed by atoms with Gasteiger partial charge in [0.1, 0.15) is 5.38 Å². The number of rotatable bonds is 5. The normalized spacial score (nSPS) is 12.1.